The summed E-state index contributed by atoms with van der Waals surface area (Å²) in [6.07, 6.45) is 0.422. The average molecular weight is 256 g/mol. The summed E-state index contributed by atoms with van der Waals surface area (Å²) >= 11 is 0. The Morgan fingerprint density at radius 1 is 1.18 bits per heavy atom. The van der Waals surface area contributed by atoms with Crippen molar-refractivity contribution in [1.29, 1.82) is 0 Å². The molecule has 17 heavy (non-hydrogen) atoms. The zero-order chi connectivity index (χ0) is 13.2. The highest BCUT2D eigenvalue weighted by molar-refractivity contribution is 7.92. The van der Waals surface area contributed by atoms with E-state index >= 15 is 0 Å². The first-order valence-electron chi connectivity index (χ1n) is 5.77. The van der Waals surface area contributed by atoms with Gasteiger partial charge in [-0.05, 0) is 38.3 Å². The normalized spacial score (nSPS) is 13.7. The minimum atomic E-state index is -3.43. The number of aryl methyl sites for hydroxylation is 3. The molecule has 3 nitrogen and oxygen atoms in total. The van der Waals surface area contributed by atoms with Crippen LogP contribution in [0.2, 0.25) is 0 Å². The molecule has 1 atom stereocenters. The minimum absolute atomic E-state index is 0.328. The van der Waals surface area contributed by atoms with Crippen LogP contribution in [0.4, 0.5) is 0 Å². The third kappa shape index (κ3) is 2.69. The average Bonchev–Trinajstić information content (AvgIpc) is 2.16. The number of hydrogen-bond acceptors (Lipinski definition) is 3. The molecule has 0 saturated heterocycles. The van der Waals surface area contributed by atoms with E-state index in [-0.39, 0.29) is 6.61 Å². The maximum Gasteiger partial charge on any atom is 0.183 e. The van der Waals surface area contributed by atoms with Crippen molar-refractivity contribution in [2.24, 2.45) is 0 Å². The van der Waals surface area contributed by atoms with Crippen molar-refractivity contribution in [3.63, 3.8) is 0 Å². The van der Waals surface area contributed by atoms with Crippen molar-refractivity contribution < 1.29 is 13.5 Å². The van der Waals surface area contributed by atoms with Gasteiger partial charge >= 0.3 is 0 Å². The maximum atomic E-state index is 12.4. The van der Waals surface area contributed by atoms with Gasteiger partial charge in [0.15, 0.2) is 9.84 Å². The highest BCUT2D eigenvalue weighted by Gasteiger charge is 2.28. The number of aliphatic hydroxyl groups is 1. The molecular formula is C13H20O3S. The lowest BCUT2D eigenvalue weighted by Crippen LogP contribution is -2.26. The van der Waals surface area contributed by atoms with Crippen LogP contribution in [-0.4, -0.2) is 25.4 Å². The summed E-state index contributed by atoms with van der Waals surface area (Å²) in [6, 6.07) is 3.73. The van der Waals surface area contributed by atoms with Gasteiger partial charge in [0.1, 0.15) is 0 Å². The van der Waals surface area contributed by atoms with E-state index in [1.165, 1.54) is 0 Å². The molecular weight excluding hydrogens is 236 g/mol. The molecule has 0 heterocycles. The first kappa shape index (κ1) is 14.2. The number of aliphatic hydroxyl groups excluding tert-OH is 1. The number of sulfone groups is 1. The molecule has 0 bridgehead atoms. The van der Waals surface area contributed by atoms with Crippen LogP contribution in [0.25, 0.3) is 0 Å². The van der Waals surface area contributed by atoms with Crippen LogP contribution < -0.4 is 0 Å². The predicted molar refractivity (Wildman–Crippen MR) is 69.0 cm³/mol. The van der Waals surface area contributed by atoms with Crippen molar-refractivity contribution in [2.75, 3.05) is 6.61 Å². The molecule has 0 fully saturated rings. The molecule has 0 aliphatic carbocycles. The largest absolute Gasteiger partial charge is 0.395 e. The minimum Gasteiger partial charge on any atom is -0.395 e. The Hall–Kier alpha value is -0.870. The molecule has 0 aromatic heterocycles. The zero-order valence-electron chi connectivity index (χ0n) is 10.8. The Bertz CT molecular complexity index is 476. The van der Waals surface area contributed by atoms with Crippen LogP contribution in [0.5, 0.6) is 0 Å². The van der Waals surface area contributed by atoms with Gasteiger partial charge in [-0.3, -0.25) is 0 Å². The number of benzene rings is 1. The molecule has 1 aromatic carbocycles. The summed E-state index contributed by atoms with van der Waals surface area (Å²) in [5, 5.41) is 8.47. The topological polar surface area (TPSA) is 54.4 Å². The van der Waals surface area contributed by atoms with Gasteiger partial charge in [-0.2, -0.15) is 0 Å². The fourth-order valence-corrected chi connectivity index (χ4v) is 4.21. The van der Waals surface area contributed by atoms with E-state index in [2.05, 4.69) is 0 Å². The summed E-state index contributed by atoms with van der Waals surface area (Å²) in [6.45, 7) is 7.00. The van der Waals surface area contributed by atoms with Crippen molar-refractivity contribution in [1.82, 2.24) is 0 Å². The molecule has 1 aromatic rings. The van der Waals surface area contributed by atoms with E-state index in [1.54, 1.807) is 20.8 Å². The van der Waals surface area contributed by atoms with Gasteiger partial charge in [0, 0.05) is 0 Å². The van der Waals surface area contributed by atoms with E-state index in [0.29, 0.717) is 11.3 Å². The summed E-state index contributed by atoms with van der Waals surface area (Å²) in [5.41, 5.74) is 2.57. The predicted octanol–water partition coefficient (Wildman–Crippen LogP) is 2.16. The first-order valence-corrected chi connectivity index (χ1v) is 7.31. The van der Waals surface area contributed by atoms with Crippen LogP contribution in [0.1, 0.15) is 30.0 Å². The second-order valence-corrected chi connectivity index (χ2v) is 6.65. The van der Waals surface area contributed by atoms with E-state index in [0.717, 1.165) is 16.7 Å². The lowest BCUT2D eigenvalue weighted by atomic mass is 10.1. The van der Waals surface area contributed by atoms with Gasteiger partial charge in [0.2, 0.25) is 0 Å². The molecule has 96 valence electrons. The molecule has 1 N–H and O–H groups in total. The van der Waals surface area contributed by atoms with Crippen molar-refractivity contribution in [3.05, 3.63) is 28.8 Å². The Morgan fingerprint density at radius 2 is 1.65 bits per heavy atom. The SMILES string of the molecule is CCC(CO)S(=O)(=O)c1c(C)cc(C)cc1C. The molecule has 1 rings (SSSR count). The van der Waals surface area contributed by atoms with Crippen LogP contribution >= 0.6 is 0 Å². The summed E-state index contributed by atoms with van der Waals surface area (Å²) in [4.78, 5) is 0.379. The van der Waals surface area contributed by atoms with Gasteiger partial charge in [0.25, 0.3) is 0 Å². The van der Waals surface area contributed by atoms with Crippen molar-refractivity contribution in [2.45, 2.75) is 44.3 Å². The smallest absolute Gasteiger partial charge is 0.183 e. The Morgan fingerprint density at radius 3 is 2.00 bits per heavy atom. The second kappa shape index (κ2) is 5.19. The molecule has 0 spiro atoms. The van der Waals surface area contributed by atoms with E-state index in [9.17, 15) is 13.5 Å². The fraction of sp³-hybridized carbons (Fsp3) is 0.538. The Balaban J connectivity index is 3.44. The highest BCUT2D eigenvalue weighted by atomic mass is 32.2. The van der Waals surface area contributed by atoms with Gasteiger partial charge < -0.3 is 5.11 Å². The standard InChI is InChI=1S/C13H20O3S/c1-5-12(8-14)17(15,16)13-10(3)6-9(2)7-11(13)4/h6-7,12,14H,5,8H2,1-4H3. The van der Waals surface area contributed by atoms with Gasteiger partial charge in [-0.1, -0.05) is 24.6 Å². The van der Waals surface area contributed by atoms with E-state index < -0.39 is 15.1 Å². The lowest BCUT2D eigenvalue weighted by molar-refractivity contribution is 0.287. The third-order valence-electron chi connectivity index (χ3n) is 2.99. The summed E-state index contributed by atoms with van der Waals surface area (Å²) in [7, 11) is -3.43. The molecule has 0 radical (unpaired) electrons. The molecule has 0 aliphatic rings. The Labute approximate surface area is 103 Å². The van der Waals surface area contributed by atoms with E-state index in [4.69, 9.17) is 0 Å². The monoisotopic (exact) mass is 256 g/mol. The molecule has 0 aliphatic heterocycles. The quantitative estimate of drug-likeness (QED) is 0.898. The lowest BCUT2D eigenvalue weighted by Gasteiger charge is -2.17. The van der Waals surface area contributed by atoms with Gasteiger partial charge in [-0.25, -0.2) is 8.42 Å². The fourth-order valence-electron chi connectivity index (χ4n) is 2.23. The summed E-state index contributed by atoms with van der Waals surface area (Å²) in [5.74, 6) is 0. The van der Waals surface area contributed by atoms with Crippen molar-refractivity contribution >= 4 is 9.84 Å². The van der Waals surface area contributed by atoms with Crippen LogP contribution in [-0.2, 0) is 9.84 Å². The second-order valence-electron chi connectivity index (χ2n) is 4.49. The van der Waals surface area contributed by atoms with E-state index in [1.807, 2.05) is 19.1 Å². The first-order chi connectivity index (χ1) is 7.84. The molecule has 0 amide bonds. The van der Waals surface area contributed by atoms with Crippen LogP contribution in [0, 0.1) is 20.8 Å². The zero-order valence-corrected chi connectivity index (χ0v) is 11.6. The maximum absolute atomic E-state index is 12.4. The van der Waals surface area contributed by atoms with Gasteiger partial charge in [-0.15, -0.1) is 0 Å². The van der Waals surface area contributed by atoms with Crippen LogP contribution in [0.3, 0.4) is 0 Å². The Kier molecular flexibility index (Phi) is 4.33. The van der Waals surface area contributed by atoms with Gasteiger partial charge in [0.05, 0.1) is 16.8 Å². The molecule has 1 unspecified atom stereocenters. The van der Waals surface area contributed by atoms with Crippen molar-refractivity contribution in [3.8, 4) is 0 Å². The number of hydrogen-bond donors (Lipinski definition) is 1. The number of rotatable bonds is 4. The summed E-state index contributed by atoms with van der Waals surface area (Å²) < 4.78 is 24.8. The highest BCUT2D eigenvalue weighted by Crippen LogP contribution is 2.26. The third-order valence-corrected chi connectivity index (χ3v) is 5.56. The molecule has 0 saturated carbocycles. The molecule has 4 heteroatoms. The van der Waals surface area contributed by atoms with Crippen LogP contribution in [0.15, 0.2) is 17.0 Å².